The van der Waals surface area contributed by atoms with Crippen molar-refractivity contribution in [3.05, 3.63) is 119 Å². The van der Waals surface area contributed by atoms with Gasteiger partial charge in [0.2, 0.25) is 0 Å². The number of nitrogens with one attached hydrogen (secondary N) is 2. The molecule has 2 amide bonds. The van der Waals surface area contributed by atoms with Gasteiger partial charge < -0.3 is 29.4 Å². The first kappa shape index (κ1) is 35.1. The topological polar surface area (TPSA) is 108 Å². The number of hydrogen-bond acceptors (Lipinski definition) is 6. The van der Waals surface area contributed by atoms with Crippen LogP contribution in [-0.4, -0.2) is 68.2 Å². The number of carbonyl (C=O) groups excluding carboxylic acids is 2. The van der Waals surface area contributed by atoms with Gasteiger partial charge in [0.25, 0.3) is 5.91 Å². The highest BCUT2D eigenvalue weighted by molar-refractivity contribution is 6.31. The van der Waals surface area contributed by atoms with Gasteiger partial charge in [-0.25, -0.2) is 14.8 Å². The monoisotopic (exact) mass is 735 g/mol. The lowest BCUT2D eigenvalue weighted by Gasteiger charge is -2.36. The van der Waals surface area contributed by atoms with Crippen molar-refractivity contribution in [2.24, 2.45) is 0 Å². The molecule has 0 unspecified atom stereocenters. The summed E-state index contributed by atoms with van der Waals surface area (Å²) >= 11 is 12.7. The van der Waals surface area contributed by atoms with Gasteiger partial charge in [0.15, 0.2) is 5.82 Å². The lowest BCUT2D eigenvalue weighted by Crippen LogP contribution is -2.50. The summed E-state index contributed by atoms with van der Waals surface area (Å²) in [6.07, 6.45) is 3.18. The van der Waals surface area contributed by atoms with Crippen LogP contribution in [0.1, 0.15) is 49.8 Å². The average molecular weight is 737 g/mol. The number of rotatable bonds is 7. The minimum Gasteiger partial charge on any atom is -0.444 e. The van der Waals surface area contributed by atoms with Gasteiger partial charge in [-0.1, -0.05) is 71.7 Å². The summed E-state index contributed by atoms with van der Waals surface area (Å²) in [5.74, 6) is 0.265. The lowest BCUT2D eigenvalue weighted by atomic mass is 9.99. The van der Waals surface area contributed by atoms with E-state index in [0.29, 0.717) is 64.5 Å². The molecule has 12 heteroatoms. The maximum Gasteiger partial charge on any atom is 0.410 e. The molecule has 2 N–H and O–H groups in total. The number of pyridine rings is 1. The fourth-order valence-electron chi connectivity index (χ4n) is 6.56. The van der Waals surface area contributed by atoms with Gasteiger partial charge in [-0.2, -0.15) is 0 Å². The number of halogens is 2. The average Bonchev–Trinajstić information content (AvgIpc) is 3.73. The summed E-state index contributed by atoms with van der Waals surface area (Å²) in [5.41, 5.74) is 5.18. The van der Waals surface area contributed by atoms with Crippen molar-refractivity contribution >= 4 is 57.6 Å². The van der Waals surface area contributed by atoms with E-state index in [-0.39, 0.29) is 18.0 Å². The molecule has 1 fully saturated rings. The number of amides is 2. The van der Waals surface area contributed by atoms with E-state index in [1.807, 2.05) is 106 Å². The molecular weight excluding hydrogens is 697 g/mol. The van der Waals surface area contributed by atoms with Crippen molar-refractivity contribution in [2.75, 3.05) is 36.4 Å². The van der Waals surface area contributed by atoms with Crippen LogP contribution in [0, 0.1) is 0 Å². The van der Waals surface area contributed by atoms with Crippen molar-refractivity contribution in [1.82, 2.24) is 24.4 Å². The molecule has 0 saturated carbocycles. The molecule has 52 heavy (non-hydrogen) atoms. The lowest BCUT2D eigenvalue weighted by molar-refractivity contribution is 0.0240. The summed E-state index contributed by atoms with van der Waals surface area (Å²) < 4.78 is 7.68. The second kappa shape index (κ2) is 14.4. The Morgan fingerprint density at radius 3 is 2.31 bits per heavy atom. The number of ether oxygens (including phenoxy) is 1. The number of H-pyrrole nitrogens is 1. The van der Waals surface area contributed by atoms with E-state index in [0.717, 1.165) is 27.9 Å². The van der Waals surface area contributed by atoms with Crippen LogP contribution in [0.3, 0.4) is 0 Å². The van der Waals surface area contributed by atoms with Gasteiger partial charge >= 0.3 is 6.09 Å². The molecule has 4 heterocycles. The van der Waals surface area contributed by atoms with Crippen LogP contribution in [0.25, 0.3) is 33.4 Å². The van der Waals surface area contributed by atoms with Crippen molar-refractivity contribution < 1.29 is 14.3 Å². The van der Waals surface area contributed by atoms with Gasteiger partial charge in [0, 0.05) is 64.5 Å². The van der Waals surface area contributed by atoms with Crippen LogP contribution in [0.4, 0.5) is 16.3 Å². The zero-order valence-corrected chi connectivity index (χ0v) is 30.9. The van der Waals surface area contributed by atoms with Crippen molar-refractivity contribution in [2.45, 2.75) is 39.3 Å². The summed E-state index contributed by atoms with van der Waals surface area (Å²) in [7, 11) is 0. The van der Waals surface area contributed by atoms with E-state index in [4.69, 9.17) is 32.9 Å². The number of aromatic nitrogens is 4. The quantitative estimate of drug-likeness (QED) is 0.169. The zero-order chi connectivity index (χ0) is 36.6. The van der Waals surface area contributed by atoms with E-state index in [1.54, 1.807) is 17.2 Å². The SMILES string of the molecule is C[C@@H](c1ccc(Cl)cc1)n1cnc(-c2ccccc2)c1-c1c(C(=O)Nc2cccnc2N2CCN(C(=O)OC(C)(C)C)CC2)[nH]c2cc(Cl)ccc12. The summed E-state index contributed by atoms with van der Waals surface area (Å²) in [5, 5.41) is 5.17. The van der Waals surface area contributed by atoms with E-state index >= 15 is 0 Å². The molecule has 1 aliphatic heterocycles. The Morgan fingerprint density at radius 2 is 1.60 bits per heavy atom. The molecule has 1 aliphatic rings. The Bertz CT molecular complexity index is 2240. The number of fused-ring (bicyclic) bond motifs is 1. The highest BCUT2D eigenvalue weighted by Crippen LogP contribution is 2.42. The molecule has 7 rings (SSSR count). The predicted octanol–water partition coefficient (Wildman–Crippen LogP) is 9.32. The summed E-state index contributed by atoms with van der Waals surface area (Å²) in [6, 6.07) is 26.7. The third-order valence-electron chi connectivity index (χ3n) is 9.10. The molecule has 0 radical (unpaired) electrons. The molecular formula is C40H39Cl2N7O3. The molecule has 1 atom stereocenters. The first-order valence-electron chi connectivity index (χ1n) is 17.2. The molecule has 266 valence electrons. The molecule has 6 aromatic rings. The first-order valence-corrected chi connectivity index (χ1v) is 17.9. The van der Waals surface area contributed by atoms with E-state index < -0.39 is 5.60 Å². The number of hydrogen-bond donors (Lipinski definition) is 2. The Balaban J connectivity index is 1.28. The Hall–Kier alpha value is -5.32. The number of carbonyl (C=O) groups is 2. The maximum absolute atomic E-state index is 14.6. The standard InChI is InChI=1S/C40H39Cl2N7O3/c1-25(26-12-14-28(41)15-13-26)49-24-44-34(27-9-6-5-7-10-27)36(49)33-30-17-16-29(42)23-32(30)45-35(33)38(50)46-31-11-8-18-43-37(31)47-19-21-48(22-20-47)39(51)52-40(2,3)4/h5-18,23-25,45H,19-22H2,1-4H3,(H,46,50)/t25-/m0/s1. The fourth-order valence-corrected chi connectivity index (χ4v) is 6.85. The van der Waals surface area contributed by atoms with Crippen LogP contribution in [0.5, 0.6) is 0 Å². The molecule has 0 aliphatic carbocycles. The molecule has 10 nitrogen and oxygen atoms in total. The number of nitrogens with zero attached hydrogens (tertiary/aromatic N) is 5. The van der Waals surface area contributed by atoms with Crippen molar-refractivity contribution in [3.63, 3.8) is 0 Å². The number of imidazole rings is 1. The molecule has 3 aromatic heterocycles. The molecule has 0 bridgehead atoms. The number of anilines is 2. The van der Waals surface area contributed by atoms with Crippen molar-refractivity contribution in [3.8, 4) is 22.5 Å². The number of piperazine rings is 1. The number of aromatic amines is 1. The largest absolute Gasteiger partial charge is 0.444 e. The number of benzene rings is 3. The minimum absolute atomic E-state index is 0.158. The Morgan fingerprint density at radius 1 is 0.885 bits per heavy atom. The Labute approximate surface area is 312 Å². The third-order valence-corrected chi connectivity index (χ3v) is 9.59. The van der Waals surface area contributed by atoms with E-state index in [9.17, 15) is 9.59 Å². The van der Waals surface area contributed by atoms with E-state index in [1.165, 1.54) is 0 Å². The van der Waals surface area contributed by atoms with Crippen LogP contribution in [0.2, 0.25) is 10.0 Å². The van der Waals surface area contributed by atoms with E-state index in [2.05, 4.69) is 31.7 Å². The van der Waals surface area contributed by atoms with Crippen LogP contribution in [-0.2, 0) is 4.74 Å². The third kappa shape index (κ3) is 7.22. The van der Waals surface area contributed by atoms with Gasteiger partial charge in [-0.05, 0) is 69.7 Å². The highest BCUT2D eigenvalue weighted by atomic mass is 35.5. The molecule has 3 aromatic carbocycles. The first-order chi connectivity index (χ1) is 25.0. The zero-order valence-electron chi connectivity index (χ0n) is 29.4. The fraction of sp³-hybridized carbons (Fsp3) is 0.250. The molecule has 0 spiro atoms. The highest BCUT2D eigenvalue weighted by Gasteiger charge is 2.30. The summed E-state index contributed by atoms with van der Waals surface area (Å²) in [4.78, 5) is 44.1. The maximum atomic E-state index is 14.6. The van der Waals surface area contributed by atoms with Crippen molar-refractivity contribution in [1.29, 1.82) is 0 Å². The second-order valence-corrected chi connectivity index (χ2v) is 14.7. The van der Waals surface area contributed by atoms with Gasteiger partial charge in [-0.3, -0.25) is 4.79 Å². The van der Waals surface area contributed by atoms with Crippen LogP contribution in [0.15, 0.2) is 97.5 Å². The molecule has 1 saturated heterocycles. The van der Waals surface area contributed by atoms with Gasteiger partial charge in [0.05, 0.1) is 29.4 Å². The second-order valence-electron chi connectivity index (χ2n) is 13.8. The minimum atomic E-state index is -0.576. The smallest absolute Gasteiger partial charge is 0.410 e. The van der Waals surface area contributed by atoms with Gasteiger partial charge in [0.1, 0.15) is 11.3 Å². The van der Waals surface area contributed by atoms with Gasteiger partial charge in [-0.15, -0.1) is 0 Å². The van der Waals surface area contributed by atoms with Crippen LogP contribution >= 0.6 is 23.2 Å². The van der Waals surface area contributed by atoms with Crippen LogP contribution < -0.4 is 10.2 Å². The normalized spacial score (nSPS) is 14.0. The Kier molecular flexibility index (Phi) is 9.69. The predicted molar refractivity (Wildman–Crippen MR) is 207 cm³/mol. The summed E-state index contributed by atoms with van der Waals surface area (Å²) in [6.45, 7) is 9.64.